The standard InChI is InChI=1S/C15H23NO3S2/c1-11-7-13(9-17)8-14(12(11)2)21(18,19)16-10-15(3)5-4-6-20-15/h7-8,16-17H,4-6,9-10H2,1-3H3. The summed E-state index contributed by atoms with van der Waals surface area (Å²) >= 11 is 1.83. The van der Waals surface area contributed by atoms with Crippen LogP contribution >= 0.6 is 11.8 Å². The summed E-state index contributed by atoms with van der Waals surface area (Å²) in [6.45, 7) is 6.06. The number of nitrogens with one attached hydrogen (secondary N) is 1. The van der Waals surface area contributed by atoms with E-state index < -0.39 is 10.0 Å². The van der Waals surface area contributed by atoms with Crippen LogP contribution in [-0.2, 0) is 16.6 Å². The van der Waals surface area contributed by atoms with Crippen LogP contribution in [0.4, 0.5) is 0 Å². The number of rotatable bonds is 5. The lowest BCUT2D eigenvalue weighted by atomic mass is 10.1. The maximum Gasteiger partial charge on any atom is 0.240 e. The first-order valence-electron chi connectivity index (χ1n) is 7.12. The molecular weight excluding hydrogens is 306 g/mol. The van der Waals surface area contributed by atoms with E-state index in [1.54, 1.807) is 13.0 Å². The first-order chi connectivity index (χ1) is 9.77. The molecule has 0 saturated carbocycles. The van der Waals surface area contributed by atoms with Crippen molar-refractivity contribution in [2.24, 2.45) is 0 Å². The minimum Gasteiger partial charge on any atom is -0.392 e. The first-order valence-corrected chi connectivity index (χ1v) is 9.59. The van der Waals surface area contributed by atoms with Crippen LogP contribution in [-0.4, -0.2) is 30.6 Å². The van der Waals surface area contributed by atoms with Gasteiger partial charge in [0.1, 0.15) is 0 Å². The van der Waals surface area contributed by atoms with Gasteiger partial charge in [0.2, 0.25) is 10.0 Å². The van der Waals surface area contributed by atoms with E-state index in [-0.39, 0.29) is 16.2 Å². The van der Waals surface area contributed by atoms with Gasteiger partial charge >= 0.3 is 0 Å². The molecule has 1 aliphatic rings. The van der Waals surface area contributed by atoms with Crippen molar-refractivity contribution in [1.29, 1.82) is 0 Å². The van der Waals surface area contributed by atoms with Gasteiger partial charge in [0.05, 0.1) is 11.5 Å². The second-order valence-electron chi connectivity index (χ2n) is 5.92. The third kappa shape index (κ3) is 3.80. The fourth-order valence-electron chi connectivity index (χ4n) is 2.57. The Balaban J connectivity index is 2.25. The number of benzene rings is 1. The lowest BCUT2D eigenvalue weighted by Gasteiger charge is -2.23. The van der Waals surface area contributed by atoms with Crippen molar-refractivity contribution in [2.45, 2.75) is 49.9 Å². The van der Waals surface area contributed by atoms with E-state index in [4.69, 9.17) is 0 Å². The predicted molar refractivity (Wildman–Crippen MR) is 87.1 cm³/mol. The largest absolute Gasteiger partial charge is 0.392 e. The van der Waals surface area contributed by atoms with Crippen molar-refractivity contribution < 1.29 is 13.5 Å². The van der Waals surface area contributed by atoms with Crippen LogP contribution in [0.15, 0.2) is 17.0 Å². The molecule has 0 bridgehead atoms. The minimum atomic E-state index is -3.55. The van der Waals surface area contributed by atoms with Gasteiger partial charge < -0.3 is 5.11 Å². The monoisotopic (exact) mass is 329 g/mol. The van der Waals surface area contributed by atoms with E-state index in [2.05, 4.69) is 11.6 Å². The molecule has 4 nitrogen and oxygen atoms in total. The fourth-order valence-corrected chi connectivity index (χ4v) is 5.44. The molecule has 1 aromatic rings. The van der Waals surface area contributed by atoms with Crippen molar-refractivity contribution in [3.05, 3.63) is 28.8 Å². The minimum absolute atomic E-state index is 0.00932. The molecule has 1 atom stereocenters. The Morgan fingerprint density at radius 1 is 1.38 bits per heavy atom. The van der Waals surface area contributed by atoms with Gasteiger partial charge in [-0.05, 0) is 62.1 Å². The van der Waals surface area contributed by atoms with Gasteiger partial charge in [-0.2, -0.15) is 11.8 Å². The Morgan fingerprint density at radius 3 is 2.67 bits per heavy atom. The number of aliphatic hydroxyl groups excluding tert-OH is 1. The van der Waals surface area contributed by atoms with Crippen LogP contribution in [0.2, 0.25) is 0 Å². The third-order valence-corrected chi connectivity index (χ3v) is 7.15. The highest BCUT2D eigenvalue weighted by Gasteiger charge is 2.31. The SMILES string of the molecule is Cc1cc(CO)cc(S(=O)(=O)NCC2(C)CCCS2)c1C. The lowest BCUT2D eigenvalue weighted by Crippen LogP contribution is -2.37. The molecule has 6 heteroatoms. The number of aryl methyl sites for hydroxylation is 1. The van der Waals surface area contributed by atoms with Gasteiger partial charge in [0, 0.05) is 11.3 Å². The topological polar surface area (TPSA) is 66.4 Å². The van der Waals surface area contributed by atoms with Gasteiger partial charge in [-0.25, -0.2) is 13.1 Å². The maximum atomic E-state index is 12.6. The average Bonchev–Trinajstić information content (AvgIpc) is 2.87. The van der Waals surface area contributed by atoms with Crippen molar-refractivity contribution >= 4 is 21.8 Å². The van der Waals surface area contributed by atoms with Gasteiger partial charge in [0.25, 0.3) is 0 Å². The Labute approximate surface area is 131 Å². The second kappa shape index (κ2) is 6.28. The van der Waals surface area contributed by atoms with Crippen LogP contribution in [0.1, 0.15) is 36.5 Å². The van der Waals surface area contributed by atoms with E-state index in [0.29, 0.717) is 12.1 Å². The molecule has 0 radical (unpaired) electrons. The molecular formula is C15H23NO3S2. The summed E-state index contributed by atoms with van der Waals surface area (Å²) in [7, 11) is -3.55. The number of hydrogen-bond donors (Lipinski definition) is 2. The predicted octanol–water partition coefficient (Wildman–Crippen LogP) is 2.36. The molecule has 0 aromatic heterocycles. The van der Waals surface area contributed by atoms with E-state index in [9.17, 15) is 13.5 Å². The molecule has 2 rings (SSSR count). The zero-order valence-corrected chi connectivity index (χ0v) is 14.4. The van der Waals surface area contributed by atoms with Crippen LogP contribution < -0.4 is 4.72 Å². The molecule has 2 N–H and O–H groups in total. The van der Waals surface area contributed by atoms with E-state index >= 15 is 0 Å². The van der Waals surface area contributed by atoms with Crippen LogP contribution in [0, 0.1) is 13.8 Å². The Morgan fingerprint density at radius 2 is 2.10 bits per heavy atom. The fraction of sp³-hybridized carbons (Fsp3) is 0.600. The van der Waals surface area contributed by atoms with Crippen molar-refractivity contribution in [2.75, 3.05) is 12.3 Å². The molecule has 0 amide bonds. The van der Waals surface area contributed by atoms with E-state index in [1.165, 1.54) is 0 Å². The second-order valence-corrected chi connectivity index (χ2v) is 9.34. The zero-order valence-electron chi connectivity index (χ0n) is 12.8. The maximum absolute atomic E-state index is 12.6. The number of sulfonamides is 1. The van der Waals surface area contributed by atoms with E-state index in [0.717, 1.165) is 29.7 Å². The Bertz CT molecular complexity index is 620. The molecule has 21 heavy (non-hydrogen) atoms. The molecule has 1 saturated heterocycles. The molecule has 1 unspecified atom stereocenters. The normalized spacial score (nSPS) is 22.7. The number of aliphatic hydroxyl groups is 1. The van der Waals surface area contributed by atoms with E-state index in [1.807, 2.05) is 24.8 Å². The van der Waals surface area contributed by atoms with Crippen molar-refractivity contribution in [3.8, 4) is 0 Å². The quantitative estimate of drug-likeness (QED) is 0.870. The molecule has 1 fully saturated rings. The lowest BCUT2D eigenvalue weighted by molar-refractivity contribution is 0.281. The first kappa shape index (κ1) is 16.8. The molecule has 118 valence electrons. The highest BCUT2D eigenvalue weighted by atomic mass is 32.2. The summed E-state index contributed by atoms with van der Waals surface area (Å²) in [5, 5.41) is 9.27. The van der Waals surface area contributed by atoms with Crippen molar-refractivity contribution in [3.63, 3.8) is 0 Å². The van der Waals surface area contributed by atoms with Gasteiger partial charge in [0.15, 0.2) is 0 Å². The third-order valence-electron chi connectivity index (χ3n) is 4.09. The summed E-state index contributed by atoms with van der Waals surface area (Å²) in [5.41, 5.74) is 2.24. The summed E-state index contributed by atoms with van der Waals surface area (Å²) in [4.78, 5) is 0.276. The summed E-state index contributed by atoms with van der Waals surface area (Å²) in [6.07, 6.45) is 2.18. The summed E-state index contributed by atoms with van der Waals surface area (Å²) in [6, 6.07) is 3.39. The number of thioether (sulfide) groups is 1. The zero-order chi connectivity index (χ0) is 15.7. The molecule has 1 aromatic carbocycles. The van der Waals surface area contributed by atoms with Crippen LogP contribution in [0.25, 0.3) is 0 Å². The average molecular weight is 329 g/mol. The number of hydrogen-bond acceptors (Lipinski definition) is 4. The van der Waals surface area contributed by atoms with Gasteiger partial charge in [-0.3, -0.25) is 0 Å². The van der Waals surface area contributed by atoms with Gasteiger partial charge in [-0.15, -0.1) is 0 Å². The smallest absolute Gasteiger partial charge is 0.240 e. The summed E-state index contributed by atoms with van der Waals surface area (Å²) < 4.78 is 27.9. The molecule has 1 aliphatic heterocycles. The molecule has 0 spiro atoms. The summed E-state index contributed by atoms with van der Waals surface area (Å²) in [5.74, 6) is 1.09. The molecule has 0 aliphatic carbocycles. The molecule has 1 heterocycles. The Hall–Kier alpha value is -0.560. The highest BCUT2D eigenvalue weighted by Crippen LogP contribution is 2.37. The highest BCUT2D eigenvalue weighted by molar-refractivity contribution is 8.01. The Kier molecular flexibility index (Phi) is 5.03. The van der Waals surface area contributed by atoms with Crippen molar-refractivity contribution in [1.82, 2.24) is 4.72 Å². The van der Waals surface area contributed by atoms with Crippen LogP contribution in [0.5, 0.6) is 0 Å². The van der Waals surface area contributed by atoms with Crippen LogP contribution in [0.3, 0.4) is 0 Å². The van der Waals surface area contributed by atoms with Gasteiger partial charge in [-0.1, -0.05) is 6.07 Å².